The molecule has 0 aliphatic carbocycles. The van der Waals surface area contributed by atoms with Crippen molar-refractivity contribution in [3.8, 4) is 5.75 Å². The molecule has 0 unspecified atom stereocenters. The van der Waals surface area contributed by atoms with Crippen LogP contribution in [-0.4, -0.2) is 26.2 Å². The zero-order valence-corrected chi connectivity index (χ0v) is 14.3. The van der Waals surface area contributed by atoms with Crippen molar-refractivity contribution in [2.24, 2.45) is 0 Å². The summed E-state index contributed by atoms with van der Waals surface area (Å²) >= 11 is 0. The van der Waals surface area contributed by atoms with Gasteiger partial charge in [0, 0.05) is 6.42 Å². The predicted octanol–water partition coefficient (Wildman–Crippen LogP) is 3.13. The molecule has 1 saturated heterocycles. The van der Waals surface area contributed by atoms with Crippen LogP contribution in [0, 0.1) is 6.92 Å². The van der Waals surface area contributed by atoms with E-state index >= 15 is 0 Å². The Labute approximate surface area is 130 Å². The van der Waals surface area contributed by atoms with Gasteiger partial charge in [0.2, 0.25) is 0 Å². The molecule has 0 spiro atoms. The van der Waals surface area contributed by atoms with Gasteiger partial charge >= 0.3 is 0 Å². The molecular formula is C19H32NO+. The van der Waals surface area contributed by atoms with Crippen LogP contribution < -0.4 is 9.64 Å². The Balaban J connectivity index is 1.85. The maximum atomic E-state index is 6.10. The van der Waals surface area contributed by atoms with Gasteiger partial charge in [0.15, 0.2) is 0 Å². The van der Waals surface area contributed by atoms with Crippen molar-refractivity contribution in [1.29, 1.82) is 0 Å². The third-order valence-corrected chi connectivity index (χ3v) is 4.44. The van der Waals surface area contributed by atoms with E-state index in [0.717, 1.165) is 18.8 Å². The molecule has 0 amide bonds. The summed E-state index contributed by atoms with van der Waals surface area (Å²) in [5.41, 5.74) is 2.78. The molecule has 118 valence electrons. The van der Waals surface area contributed by atoms with E-state index in [1.54, 1.807) is 4.90 Å². The minimum absolute atomic E-state index is 0.138. The Hall–Kier alpha value is -1.02. The van der Waals surface area contributed by atoms with Crippen molar-refractivity contribution >= 4 is 0 Å². The molecule has 1 aromatic carbocycles. The number of quaternary nitrogens is 1. The second-order valence-electron chi connectivity index (χ2n) is 7.51. The first-order valence-corrected chi connectivity index (χ1v) is 8.54. The zero-order chi connectivity index (χ0) is 15.3. The van der Waals surface area contributed by atoms with E-state index in [-0.39, 0.29) is 5.41 Å². The van der Waals surface area contributed by atoms with Gasteiger partial charge in [-0.05, 0) is 43.2 Å². The molecule has 2 rings (SSSR count). The van der Waals surface area contributed by atoms with Crippen molar-refractivity contribution in [2.45, 2.75) is 58.8 Å². The zero-order valence-electron chi connectivity index (χ0n) is 14.3. The quantitative estimate of drug-likeness (QED) is 0.823. The summed E-state index contributed by atoms with van der Waals surface area (Å²) < 4.78 is 6.10. The molecule has 1 aliphatic rings. The normalized spacial score (nSPS) is 17.0. The fourth-order valence-electron chi connectivity index (χ4n) is 3.16. The molecule has 0 aromatic heterocycles. The fourth-order valence-corrected chi connectivity index (χ4v) is 3.16. The van der Waals surface area contributed by atoms with Crippen LogP contribution in [0.2, 0.25) is 0 Å². The highest BCUT2D eigenvalue weighted by molar-refractivity contribution is 5.41. The van der Waals surface area contributed by atoms with Crippen molar-refractivity contribution in [3.63, 3.8) is 0 Å². The van der Waals surface area contributed by atoms with E-state index in [9.17, 15) is 0 Å². The molecule has 1 heterocycles. The van der Waals surface area contributed by atoms with Gasteiger partial charge in [0.05, 0.1) is 26.2 Å². The molecule has 0 atom stereocenters. The van der Waals surface area contributed by atoms with Crippen LogP contribution in [0.25, 0.3) is 0 Å². The van der Waals surface area contributed by atoms with Gasteiger partial charge in [-0.25, -0.2) is 0 Å². The Morgan fingerprint density at radius 1 is 1.10 bits per heavy atom. The summed E-state index contributed by atoms with van der Waals surface area (Å²) in [4.78, 5) is 1.77. The number of ether oxygens (including phenoxy) is 1. The Morgan fingerprint density at radius 3 is 2.48 bits per heavy atom. The van der Waals surface area contributed by atoms with Crippen LogP contribution in [0.4, 0.5) is 0 Å². The molecule has 0 saturated carbocycles. The predicted molar refractivity (Wildman–Crippen MR) is 89.4 cm³/mol. The number of hydrogen-bond acceptors (Lipinski definition) is 1. The van der Waals surface area contributed by atoms with Crippen molar-refractivity contribution in [2.75, 3.05) is 26.2 Å². The van der Waals surface area contributed by atoms with E-state index in [2.05, 4.69) is 45.9 Å². The van der Waals surface area contributed by atoms with Crippen molar-refractivity contribution < 1.29 is 9.64 Å². The summed E-state index contributed by atoms with van der Waals surface area (Å²) in [6, 6.07) is 6.56. The Bertz CT molecular complexity index is 441. The number of nitrogens with one attached hydrogen (secondary N) is 1. The molecule has 1 fully saturated rings. The van der Waals surface area contributed by atoms with E-state index < -0.39 is 0 Å². The Morgan fingerprint density at radius 2 is 1.81 bits per heavy atom. The van der Waals surface area contributed by atoms with Crippen LogP contribution in [0.1, 0.15) is 57.6 Å². The average molecular weight is 290 g/mol. The molecule has 21 heavy (non-hydrogen) atoms. The first kappa shape index (κ1) is 16.4. The second kappa shape index (κ2) is 7.31. The summed E-state index contributed by atoms with van der Waals surface area (Å²) in [6.45, 7) is 13.7. The molecule has 1 aliphatic heterocycles. The number of piperidine rings is 1. The van der Waals surface area contributed by atoms with Crippen molar-refractivity contribution in [3.05, 3.63) is 29.3 Å². The van der Waals surface area contributed by atoms with Crippen LogP contribution in [-0.2, 0) is 5.41 Å². The Kier molecular flexibility index (Phi) is 5.69. The highest BCUT2D eigenvalue weighted by Crippen LogP contribution is 2.32. The van der Waals surface area contributed by atoms with Gasteiger partial charge in [-0.2, -0.15) is 0 Å². The minimum Gasteiger partial charge on any atom is -0.493 e. The summed E-state index contributed by atoms with van der Waals surface area (Å²) in [5.74, 6) is 1.07. The largest absolute Gasteiger partial charge is 0.493 e. The fraction of sp³-hybridized carbons (Fsp3) is 0.684. The van der Waals surface area contributed by atoms with Crippen LogP contribution >= 0.6 is 0 Å². The SMILES string of the molecule is Cc1ccc(OCCC[NH+]2CCCCC2)c(C(C)(C)C)c1. The molecule has 1 aromatic rings. The number of rotatable bonds is 5. The van der Waals surface area contributed by atoms with Gasteiger partial charge in [0.1, 0.15) is 5.75 Å². The third-order valence-electron chi connectivity index (χ3n) is 4.44. The lowest BCUT2D eigenvalue weighted by atomic mass is 9.85. The van der Waals surface area contributed by atoms with Gasteiger partial charge in [0.25, 0.3) is 0 Å². The lowest BCUT2D eigenvalue weighted by Gasteiger charge is -2.25. The van der Waals surface area contributed by atoms with Crippen LogP contribution in [0.3, 0.4) is 0 Å². The summed E-state index contributed by atoms with van der Waals surface area (Å²) in [7, 11) is 0. The third kappa shape index (κ3) is 5.03. The van der Waals surface area contributed by atoms with Gasteiger partial charge in [-0.3, -0.25) is 0 Å². The van der Waals surface area contributed by atoms with Crippen molar-refractivity contribution in [1.82, 2.24) is 0 Å². The first-order chi connectivity index (χ1) is 9.97. The number of aryl methyl sites for hydroxylation is 1. The summed E-state index contributed by atoms with van der Waals surface area (Å²) in [5, 5.41) is 0. The highest BCUT2D eigenvalue weighted by Gasteiger charge is 2.19. The smallest absolute Gasteiger partial charge is 0.123 e. The minimum atomic E-state index is 0.138. The van der Waals surface area contributed by atoms with E-state index in [0.29, 0.717) is 0 Å². The highest BCUT2D eigenvalue weighted by atomic mass is 16.5. The number of likely N-dealkylation sites (tertiary alicyclic amines) is 1. The number of benzene rings is 1. The standard InChI is InChI=1S/C19H31NO/c1-16-9-10-18(17(15-16)19(2,3)4)21-14-8-13-20-11-6-5-7-12-20/h9-10,15H,5-8,11-14H2,1-4H3/p+1. The molecule has 2 heteroatoms. The van der Waals surface area contributed by atoms with E-state index in [4.69, 9.17) is 4.74 Å². The first-order valence-electron chi connectivity index (χ1n) is 8.54. The topological polar surface area (TPSA) is 13.7 Å². The van der Waals surface area contributed by atoms with E-state index in [1.807, 2.05) is 0 Å². The molecule has 0 radical (unpaired) electrons. The van der Waals surface area contributed by atoms with E-state index in [1.165, 1.54) is 50.0 Å². The molecule has 1 N–H and O–H groups in total. The molecule has 0 bridgehead atoms. The van der Waals surface area contributed by atoms with Gasteiger partial charge in [-0.1, -0.05) is 38.5 Å². The summed E-state index contributed by atoms with van der Waals surface area (Å²) in [6.07, 6.45) is 5.40. The number of hydrogen-bond donors (Lipinski definition) is 1. The maximum Gasteiger partial charge on any atom is 0.123 e. The monoisotopic (exact) mass is 290 g/mol. The average Bonchev–Trinajstić information content (AvgIpc) is 2.45. The van der Waals surface area contributed by atoms with Gasteiger partial charge in [-0.15, -0.1) is 0 Å². The molecular weight excluding hydrogens is 258 g/mol. The second-order valence-corrected chi connectivity index (χ2v) is 7.51. The lowest BCUT2D eigenvalue weighted by molar-refractivity contribution is -0.905. The van der Waals surface area contributed by atoms with Crippen LogP contribution in [0.5, 0.6) is 5.75 Å². The molecule has 2 nitrogen and oxygen atoms in total. The lowest BCUT2D eigenvalue weighted by Crippen LogP contribution is -3.12. The van der Waals surface area contributed by atoms with Crippen LogP contribution in [0.15, 0.2) is 18.2 Å². The maximum absolute atomic E-state index is 6.10. The van der Waals surface area contributed by atoms with Gasteiger partial charge < -0.3 is 9.64 Å².